The minimum Gasteiger partial charge on any atom is -0.496 e. The number of benzene rings is 1. The lowest BCUT2D eigenvalue weighted by Crippen LogP contribution is -2.42. The molecule has 6 heteroatoms. The molecule has 0 saturated carbocycles. The molecule has 138 valence electrons. The fourth-order valence-corrected chi connectivity index (χ4v) is 4.20. The SMILES string of the molecule is CCNC(=NCc1cc(Br)ccc1OC)N1CCC(N2CCCC2)C1. The number of hydrogen-bond donors (Lipinski definition) is 1. The predicted molar refractivity (Wildman–Crippen MR) is 106 cm³/mol. The zero-order valence-electron chi connectivity index (χ0n) is 15.3. The van der Waals surface area contributed by atoms with Gasteiger partial charge in [-0.15, -0.1) is 0 Å². The molecule has 2 heterocycles. The van der Waals surface area contributed by atoms with Crippen molar-refractivity contribution in [2.75, 3.05) is 39.8 Å². The monoisotopic (exact) mass is 408 g/mol. The lowest BCUT2D eigenvalue weighted by atomic mass is 10.2. The second-order valence-corrected chi connectivity index (χ2v) is 7.67. The molecule has 2 fully saturated rings. The molecule has 1 unspecified atom stereocenters. The molecule has 0 spiro atoms. The maximum absolute atomic E-state index is 5.47. The van der Waals surface area contributed by atoms with Crippen molar-refractivity contribution in [3.8, 4) is 5.75 Å². The van der Waals surface area contributed by atoms with Crippen LogP contribution in [0, 0.1) is 0 Å². The van der Waals surface area contributed by atoms with Crippen LogP contribution in [0.5, 0.6) is 5.75 Å². The van der Waals surface area contributed by atoms with Gasteiger partial charge in [-0.25, -0.2) is 4.99 Å². The third-order valence-electron chi connectivity index (χ3n) is 5.10. The topological polar surface area (TPSA) is 40.1 Å². The van der Waals surface area contributed by atoms with Crippen molar-refractivity contribution >= 4 is 21.9 Å². The van der Waals surface area contributed by atoms with Gasteiger partial charge in [0.05, 0.1) is 13.7 Å². The van der Waals surface area contributed by atoms with Crippen LogP contribution in [0.15, 0.2) is 27.7 Å². The molecule has 1 N–H and O–H groups in total. The maximum Gasteiger partial charge on any atom is 0.194 e. The van der Waals surface area contributed by atoms with E-state index in [-0.39, 0.29) is 0 Å². The van der Waals surface area contributed by atoms with Crippen LogP contribution in [0.25, 0.3) is 0 Å². The van der Waals surface area contributed by atoms with Crippen molar-refractivity contribution < 1.29 is 4.74 Å². The van der Waals surface area contributed by atoms with Crippen LogP contribution in [-0.4, -0.2) is 61.6 Å². The Balaban J connectivity index is 1.68. The van der Waals surface area contributed by atoms with Gasteiger partial charge in [-0.2, -0.15) is 0 Å². The second kappa shape index (κ2) is 8.90. The second-order valence-electron chi connectivity index (χ2n) is 6.76. The average molecular weight is 409 g/mol. The van der Waals surface area contributed by atoms with Crippen molar-refractivity contribution in [3.05, 3.63) is 28.2 Å². The molecule has 5 nitrogen and oxygen atoms in total. The number of likely N-dealkylation sites (tertiary alicyclic amines) is 2. The summed E-state index contributed by atoms with van der Waals surface area (Å²) in [5.74, 6) is 1.91. The molecular formula is C19H29BrN4O. The molecule has 0 amide bonds. The highest BCUT2D eigenvalue weighted by atomic mass is 79.9. The third-order valence-corrected chi connectivity index (χ3v) is 5.59. The van der Waals surface area contributed by atoms with E-state index in [1.165, 1.54) is 32.4 Å². The van der Waals surface area contributed by atoms with E-state index in [9.17, 15) is 0 Å². The largest absolute Gasteiger partial charge is 0.496 e. The smallest absolute Gasteiger partial charge is 0.194 e. The van der Waals surface area contributed by atoms with Crippen LogP contribution in [0.2, 0.25) is 0 Å². The fourth-order valence-electron chi connectivity index (χ4n) is 3.80. The average Bonchev–Trinajstić information content (AvgIpc) is 3.29. The maximum atomic E-state index is 5.47. The first-order valence-electron chi connectivity index (χ1n) is 9.31. The summed E-state index contributed by atoms with van der Waals surface area (Å²) in [6.45, 7) is 8.34. The third kappa shape index (κ3) is 4.67. The first-order valence-corrected chi connectivity index (χ1v) is 10.1. The molecule has 1 aromatic rings. The molecule has 1 atom stereocenters. The number of nitrogens with zero attached hydrogens (tertiary/aromatic N) is 3. The Labute approximate surface area is 159 Å². The van der Waals surface area contributed by atoms with E-state index in [4.69, 9.17) is 9.73 Å². The number of ether oxygens (including phenoxy) is 1. The Morgan fingerprint density at radius 1 is 1.32 bits per heavy atom. The Bertz CT molecular complexity index is 601. The number of nitrogens with one attached hydrogen (secondary N) is 1. The molecule has 2 saturated heterocycles. The van der Waals surface area contributed by atoms with E-state index in [1.807, 2.05) is 12.1 Å². The van der Waals surface area contributed by atoms with Crippen LogP contribution >= 0.6 is 15.9 Å². The summed E-state index contributed by atoms with van der Waals surface area (Å²) >= 11 is 3.54. The highest BCUT2D eigenvalue weighted by molar-refractivity contribution is 9.10. The first-order chi connectivity index (χ1) is 12.2. The summed E-state index contributed by atoms with van der Waals surface area (Å²) in [5, 5.41) is 3.46. The fraction of sp³-hybridized carbons (Fsp3) is 0.632. The predicted octanol–water partition coefficient (Wildman–Crippen LogP) is 3.09. The zero-order chi connectivity index (χ0) is 17.6. The number of hydrogen-bond acceptors (Lipinski definition) is 3. The summed E-state index contributed by atoms with van der Waals surface area (Å²) in [7, 11) is 1.71. The molecule has 0 aliphatic carbocycles. The lowest BCUT2D eigenvalue weighted by molar-refractivity contribution is 0.249. The van der Waals surface area contributed by atoms with Gasteiger partial charge in [0.25, 0.3) is 0 Å². The highest BCUT2D eigenvalue weighted by Gasteiger charge is 2.30. The Hall–Kier alpha value is -1.27. The van der Waals surface area contributed by atoms with Gasteiger partial charge < -0.3 is 15.0 Å². The summed E-state index contributed by atoms with van der Waals surface area (Å²) in [6, 6.07) is 6.76. The van der Waals surface area contributed by atoms with Gasteiger partial charge >= 0.3 is 0 Å². The molecule has 0 radical (unpaired) electrons. The van der Waals surface area contributed by atoms with Gasteiger partial charge in [-0.05, 0) is 57.5 Å². The van der Waals surface area contributed by atoms with Crippen molar-refractivity contribution in [1.29, 1.82) is 0 Å². The van der Waals surface area contributed by atoms with Gasteiger partial charge in [0, 0.05) is 35.7 Å². The quantitative estimate of drug-likeness (QED) is 0.600. The van der Waals surface area contributed by atoms with E-state index >= 15 is 0 Å². The van der Waals surface area contributed by atoms with Gasteiger partial charge in [-0.1, -0.05) is 15.9 Å². The Morgan fingerprint density at radius 2 is 2.12 bits per heavy atom. The normalized spacial score (nSPS) is 21.8. The summed E-state index contributed by atoms with van der Waals surface area (Å²) in [6.07, 6.45) is 3.95. The number of methoxy groups -OCH3 is 1. The number of rotatable bonds is 5. The molecule has 2 aliphatic rings. The Morgan fingerprint density at radius 3 is 2.84 bits per heavy atom. The Kier molecular flexibility index (Phi) is 6.59. The standard InChI is InChI=1S/C19H29BrN4O/c1-3-21-19(22-13-15-12-16(20)6-7-18(15)25-2)24-11-8-17(14-24)23-9-4-5-10-23/h6-7,12,17H,3-5,8-11,13-14H2,1-2H3,(H,21,22). The van der Waals surface area contributed by atoms with Gasteiger partial charge in [0.15, 0.2) is 5.96 Å². The van der Waals surface area contributed by atoms with Crippen molar-refractivity contribution in [1.82, 2.24) is 15.1 Å². The zero-order valence-corrected chi connectivity index (χ0v) is 16.9. The summed E-state index contributed by atoms with van der Waals surface area (Å²) in [5.41, 5.74) is 1.10. The number of guanidine groups is 1. The lowest BCUT2D eigenvalue weighted by Gasteiger charge is -2.25. The molecule has 3 rings (SSSR count). The van der Waals surface area contributed by atoms with Crippen LogP contribution in [0.3, 0.4) is 0 Å². The molecule has 25 heavy (non-hydrogen) atoms. The van der Waals surface area contributed by atoms with E-state index < -0.39 is 0 Å². The van der Waals surface area contributed by atoms with E-state index in [2.05, 4.69) is 44.0 Å². The molecule has 2 aliphatic heterocycles. The van der Waals surface area contributed by atoms with Gasteiger partial charge in [0.2, 0.25) is 0 Å². The highest BCUT2D eigenvalue weighted by Crippen LogP contribution is 2.24. The number of aliphatic imine (C=N–C) groups is 1. The molecule has 0 bridgehead atoms. The van der Waals surface area contributed by atoms with Gasteiger partial charge in [-0.3, -0.25) is 4.90 Å². The number of halogens is 1. The minimum atomic E-state index is 0.621. The summed E-state index contributed by atoms with van der Waals surface area (Å²) < 4.78 is 6.53. The van der Waals surface area contributed by atoms with Crippen molar-refractivity contribution in [2.24, 2.45) is 4.99 Å². The van der Waals surface area contributed by atoms with E-state index in [1.54, 1.807) is 7.11 Å². The first kappa shape index (κ1) is 18.5. The van der Waals surface area contributed by atoms with E-state index in [0.29, 0.717) is 12.6 Å². The molecular weight excluding hydrogens is 380 g/mol. The van der Waals surface area contributed by atoms with E-state index in [0.717, 1.165) is 41.4 Å². The van der Waals surface area contributed by atoms with Crippen LogP contribution < -0.4 is 10.1 Å². The molecule has 0 aromatic heterocycles. The minimum absolute atomic E-state index is 0.621. The van der Waals surface area contributed by atoms with Crippen molar-refractivity contribution in [3.63, 3.8) is 0 Å². The van der Waals surface area contributed by atoms with Gasteiger partial charge in [0.1, 0.15) is 5.75 Å². The van der Waals surface area contributed by atoms with Crippen LogP contribution in [-0.2, 0) is 6.54 Å². The molecule has 1 aromatic carbocycles. The van der Waals surface area contributed by atoms with Crippen LogP contribution in [0.1, 0.15) is 31.7 Å². The van der Waals surface area contributed by atoms with Crippen LogP contribution in [0.4, 0.5) is 0 Å². The van der Waals surface area contributed by atoms with Crippen molar-refractivity contribution in [2.45, 2.75) is 38.8 Å². The summed E-state index contributed by atoms with van der Waals surface area (Å²) in [4.78, 5) is 9.96.